The van der Waals surface area contributed by atoms with Crippen LogP contribution in [0.3, 0.4) is 0 Å². The van der Waals surface area contributed by atoms with Crippen molar-refractivity contribution in [3.63, 3.8) is 0 Å². The number of aryl methyl sites for hydroxylation is 1. The molecule has 0 bridgehead atoms. The van der Waals surface area contributed by atoms with Crippen LogP contribution < -0.4 is 16.6 Å². The van der Waals surface area contributed by atoms with E-state index < -0.39 is 17.2 Å². The average Bonchev–Trinajstić information content (AvgIpc) is 3.19. The highest BCUT2D eigenvalue weighted by atomic mass is 35.5. The molecule has 2 heterocycles. The van der Waals surface area contributed by atoms with Crippen LogP contribution in [-0.4, -0.2) is 26.3 Å². The first-order chi connectivity index (χ1) is 14.9. The Balaban J connectivity index is 1.83. The van der Waals surface area contributed by atoms with Gasteiger partial charge in [0.15, 0.2) is 9.99 Å². The number of aromatic nitrogens is 3. The van der Waals surface area contributed by atoms with Crippen LogP contribution >= 0.6 is 34.7 Å². The van der Waals surface area contributed by atoms with Crippen LogP contribution in [0.2, 0.25) is 5.02 Å². The molecule has 0 saturated heterocycles. The van der Waals surface area contributed by atoms with Crippen molar-refractivity contribution in [1.82, 2.24) is 14.1 Å². The van der Waals surface area contributed by atoms with E-state index in [-0.39, 0.29) is 12.2 Å². The number of hydrogen-bond acceptors (Lipinski definition) is 6. The van der Waals surface area contributed by atoms with Gasteiger partial charge >= 0.3 is 5.69 Å². The van der Waals surface area contributed by atoms with E-state index in [0.717, 1.165) is 10.1 Å². The van der Waals surface area contributed by atoms with Crippen molar-refractivity contribution < 1.29 is 4.79 Å². The summed E-state index contributed by atoms with van der Waals surface area (Å²) in [4.78, 5) is 43.5. The highest BCUT2D eigenvalue weighted by Gasteiger charge is 2.20. The zero-order chi connectivity index (χ0) is 22.1. The molecule has 0 aliphatic rings. The van der Waals surface area contributed by atoms with Crippen LogP contribution in [0.1, 0.15) is 5.56 Å². The molecule has 4 rings (SSSR count). The van der Waals surface area contributed by atoms with E-state index in [1.54, 1.807) is 36.4 Å². The van der Waals surface area contributed by atoms with Crippen LogP contribution in [0, 0.1) is 6.92 Å². The van der Waals surface area contributed by atoms with Crippen molar-refractivity contribution in [3.05, 3.63) is 80.0 Å². The van der Waals surface area contributed by atoms with E-state index >= 15 is 0 Å². The number of benzene rings is 2. The number of carbonyl (C=O) groups is 1. The van der Waals surface area contributed by atoms with E-state index in [9.17, 15) is 14.4 Å². The number of thiazole rings is 1. The maximum atomic E-state index is 13.3. The molecule has 7 nitrogen and oxygen atoms in total. The minimum absolute atomic E-state index is 0.207. The minimum Gasteiger partial charge on any atom is -0.325 e. The summed E-state index contributed by atoms with van der Waals surface area (Å²) in [6, 6.07) is 13.7. The van der Waals surface area contributed by atoms with E-state index in [2.05, 4.69) is 10.3 Å². The topological polar surface area (TPSA) is 86.0 Å². The van der Waals surface area contributed by atoms with Gasteiger partial charge in [-0.05, 0) is 49.6 Å². The predicted octanol–water partition coefficient (Wildman–Crippen LogP) is 3.93. The highest BCUT2D eigenvalue weighted by Crippen LogP contribution is 2.25. The third-order valence-corrected chi connectivity index (χ3v) is 6.83. The number of fused-ring (bicyclic) bond motifs is 1. The molecule has 10 heteroatoms. The summed E-state index contributed by atoms with van der Waals surface area (Å²) in [5.74, 6) is -0.418. The molecule has 0 atom stereocenters. The highest BCUT2D eigenvalue weighted by molar-refractivity contribution is 8.00. The lowest BCUT2D eigenvalue weighted by atomic mass is 10.2. The number of thioether (sulfide) groups is 1. The fraction of sp³-hybridized carbons (Fsp3) is 0.143. The Morgan fingerprint density at radius 3 is 2.45 bits per heavy atom. The summed E-state index contributed by atoms with van der Waals surface area (Å²) in [6.45, 7) is 1.63. The number of rotatable bonds is 5. The maximum absolute atomic E-state index is 13.3. The van der Waals surface area contributed by atoms with Gasteiger partial charge in [0.25, 0.3) is 5.56 Å². The van der Waals surface area contributed by atoms with Crippen molar-refractivity contribution in [1.29, 1.82) is 0 Å². The Hall–Kier alpha value is -2.88. The van der Waals surface area contributed by atoms with Gasteiger partial charge in [-0.15, -0.1) is 11.3 Å². The summed E-state index contributed by atoms with van der Waals surface area (Å²) in [6.07, 6.45) is 1.84. The zero-order valence-electron chi connectivity index (χ0n) is 16.6. The molecule has 2 aromatic heterocycles. The molecular formula is C21H17ClN4O3S2. The third kappa shape index (κ3) is 4.30. The molecule has 0 unspecified atom stereocenters. The number of halogens is 1. The molecule has 1 amide bonds. The summed E-state index contributed by atoms with van der Waals surface area (Å²) in [7, 11) is 0. The zero-order valence-corrected chi connectivity index (χ0v) is 19.0. The third-order valence-electron chi connectivity index (χ3n) is 4.56. The second-order valence-corrected chi connectivity index (χ2v) is 9.23. The van der Waals surface area contributed by atoms with Gasteiger partial charge in [0.05, 0.1) is 5.69 Å². The summed E-state index contributed by atoms with van der Waals surface area (Å²) < 4.78 is 3.28. The normalized spacial score (nSPS) is 11.1. The van der Waals surface area contributed by atoms with Crippen molar-refractivity contribution in [3.8, 4) is 5.69 Å². The molecule has 1 N–H and O–H groups in total. The molecular weight excluding hydrogens is 456 g/mol. The van der Waals surface area contributed by atoms with E-state index in [1.807, 2.05) is 25.3 Å². The first-order valence-electron chi connectivity index (χ1n) is 9.20. The molecule has 0 aliphatic heterocycles. The number of amides is 1. The van der Waals surface area contributed by atoms with Gasteiger partial charge in [-0.2, -0.15) is 0 Å². The van der Waals surface area contributed by atoms with Crippen LogP contribution in [0.15, 0.2) is 62.5 Å². The van der Waals surface area contributed by atoms with Gasteiger partial charge in [0.2, 0.25) is 5.91 Å². The lowest BCUT2D eigenvalue weighted by molar-refractivity contribution is -0.116. The van der Waals surface area contributed by atoms with Crippen LogP contribution in [0.4, 0.5) is 5.69 Å². The first kappa shape index (κ1) is 21.4. The Bertz CT molecular complexity index is 1390. The van der Waals surface area contributed by atoms with Gasteiger partial charge in [0, 0.05) is 10.7 Å². The number of nitrogens with zero attached hydrogens (tertiary/aromatic N) is 3. The van der Waals surface area contributed by atoms with Crippen molar-refractivity contribution in [2.24, 2.45) is 0 Å². The Labute approximate surface area is 190 Å². The minimum atomic E-state index is -0.620. The quantitative estimate of drug-likeness (QED) is 0.445. The van der Waals surface area contributed by atoms with Gasteiger partial charge in [-0.1, -0.05) is 41.1 Å². The Morgan fingerprint density at radius 2 is 1.81 bits per heavy atom. The number of carbonyl (C=O) groups excluding carboxylic acids is 1. The van der Waals surface area contributed by atoms with Gasteiger partial charge in [-0.25, -0.2) is 14.3 Å². The van der Waals surface area contributed by atoms with Gasteiger partial charge < -0.3 is 5.32 Å². The Morgan fingerprint density at radius 1 is 1.13 bits per heavy atom. The van der Waals surface area contributed by atoms with Gasteiger partial charge in [0.1, 0.15) is 11.2 Å². The largest absolute Gasteiger partial charge is 0.337 e. The molecule has 31 heavy (non-hydrogen) atoms. The van der Waals surface area contributed by atoms with Crippen LogP contribution in [0.5, 0.6) is 0 Å². The summed E-state index contributed by atoms with van der Waals surface area (Å²) >= 11 is 8.46. The SMILES string of the molecule is CSc1nc2c(s1)c(=O)n(-c1ccc(C)cc1)c(=O)n2CC(=O)Nc1ccc(Cl)cc1. The molecule has 0 fully saturated rings. The monoisotopic (exact) mass is 472 g/mol. The lowest BCUT2D eigenvalue weighted by Crippen LogP contribution is -2.40. The van der Waals surface area contributed by atoms with Crippen molar-refractivity contribution in [2.75, 3.05) is 11.6 Å². The molecule has 0 saturated carbocycles. The Kier molecular flexibility index (Phi) is 5.99. The molecule has 0 aliphatic carbocycles. The maximum Gasteiger partial charge on any atom is 0.337 e. The summed E-state index contributed by atoms with van der Waals surface area (Å²) in [5.41, 5.74) is 1.13. The fourth-order valence-corrected chi connectivity index (χ4v) is 4.66. The molecule has 0 spiro atoms. The van der Waals surface area contributed by atoms with E-state index in [4.69, 9.17) is 11.6 Å². The molecule has 0 radical (unpaired) electrons. The van der Waals surface area contributed by atoms with E-state index in [0.29, 0.717) is 25.4 Å². The fourth-order valence-electron chi connectivity index (χ4n) is 3.04. The van der Waals surface area contributed by atoms with Gasteiger partial charge in [-0.3, -0.25) is 14.2 Å². The standard InChI is InChI=1S/C21H17ClN4O3S2/c1-12-3-9-15(10-4-12)26-19(28)17-18(24-20(30-2)31-17)25(21(26)29)11-16(27)23-14-7-5-13(22)6-8-14/h3-10H,11H2,1-2H3,(H,23,27). The van der Waals surface area contributed by atoms with Crippen molar-refractivity contribution in [2.45, 2.75) is 17.8 Å². The first-order valence-corrected chi connectivity index (χ1v) is 11.6. The molecule has 2 aromatic carbocycles. The second kappa shape index (κ2) is 8.70. The number of hydrogen-bond donors (Lipinski definition) is 1. The average molecular weight is 473 g/mol. The predicted molar refractivity (Wildman–Crippen MR) is 126 cm³/mol. The van der Waals surface area contributed by atoms with Crippen LogP contribution in [-0.2, 0) is 11.3 Å². The van der Waals surface area contributed by atoms with E-state index in [1.165, 1.54) is 27.7 Å². The van der Waals surface area contributed by atoms with Crippen LogP contribution in [0.25, 0.3) is 16.0 Å². The lowest BCUT2D eigenvalue weighted by Gasteiger charge is -2.12. The summed E-state index contributed by atoms with van der Waals surface area (Å²) in [5, 5.41) is 3.29. The molecule has 4 aromatic rings. The van der Waals surface area contributed by atoms with Crippen molar-refractivity contribution >= 4 is 56.6 Å². The molecule has 158 valence electrons. The second-order valence-electron chi connectivity index (χ2n) is 6.74. The smallest absolute Gasteiger partial charge is 0.325 e. The number of nitrogens with one attached hydrogen (secondary N) is 1. The number of anilines is 1.